The average Bonchev–Trinajstić information content (AvgIpc) is 3.05. The highest BCUT2D eigenvalue weighted by molar-refractivity contribution is 5.97. The molecule has 5 nitrogen and oxygen atoms in total. The van der Waals surface area contributed by atoms with E-state index in [9.17, 15) is 14.3 Å². The number of ether oxygens (including phenoxy) is 1. The van der Waals surface area contributed by atoms with Crippen molar-refractivity contribution in [2.45, 2.75) is 37.8 Å². The summed E-state index contributed by atoms with van der Waals surface area (Å²) in [7, 11) is 0. The van der Waals surface area contributed by atoms with E-state index in [0.717, 1.165) is 58.0 Å². The minimum atomic E-state index is -0.774. The lowest BCUT2D eigenvalue weighted by Gasteiger charge is -2.33. The predicted octanol–water partition coefficient (Wildman–Crippen LogP) is 1.90. The molecule has 0 radical (unpaired) electrons. The topological polar surface area (TPSA) is 61.8 Å². The molecule has 2 fully saturated rings. The highest BCUT2D eigenvalue weighted by Crippen LogP contribution is 2.22. The number of carbonyl (C=O) groups is 1. The largest absolute Gasteiger partial charge is 0.504 e. The summed E-state index contributed by atoms with van der Waals surface area (Å²) in [5.74, 6) is -1.77. The number of halogens is 1. The Morgan fingerprint density at radius 3 is 2.83 bits per heavy atom. The summed E-state index contributed by atoms with van der Waals surface area (Å²) in [5, 5.41) is 12.5. The minimum absolute atomic E-state index is 0.00761. The molecule has 1 amide bonds. The molecule has 0 saturated carbocycles. The fraction of sp³-hybridized carbons (Fsp3) is 0.588. The Balaban J connectivity index is 1.48. The summed E-state index contributed by atoms with van der Waals surface area (Å²) in [5.41, 5.74) is -0.00761. The Hall–Kier alpha value is -1.66. The lowest BCUT2D eigenvalue weighted by atomic mass is 10.0. The second kappa shape index (κ2) is 7.27. The van der Waals surface area contributed by atoms with Gasteiger partial charge in [0.1, 0.15) is 0 Å². The van der Waals surface area contributed by atoms with Gasteiger partial charge < -0.3 is 20.1 Å². The maximum Gasteiger partial charge on any atom is 0.255 e. The average molecular weight is 322 g/mol. The van der Waals surface area contributed by atoms with Gasteiger partial charge in [-0.15, -0.1) is 0 Å². The summed E-state index contributed by atoms with van der Waals surface area (Å²) in [6, 6.07) is 4.05. The van der Waals surface area contributed by atoms with Crippen molar-refractivity contribution in [2.75, 3.05) is 26.2 Å². The molecular weight excluding hydrogens is 299 g/mol. The van der Waals surface area contributed by atoms with Crippen molar-refractivity contribution in [1.82, 2.24) is 10.2 Å². The van der Waals surface area contributed by atoms with Crippen LogP contribution in [0.15, 0.2) is 18.2 Å². The molecule has 126 valence electrons. The second-order valence-corrected chi connectivity index (χ2v) is 6.32. The van der Waals surface area contributed by atoms with Crippen molar-refractivity contribution in [3.05, 3.63) is 29.6 Å². The molecule has 0 bridgehead atoms. The molecule has 0 aromatic heterocycles. The molecule has 23 heavy (non-hydrogen) atoms. The van der Waals surface area contributed by atoms with Crippen LogP contribution in [0.1, 0.15) is 36.0 Å². The molecule has 2 saturated heterocycles. The van der Waals surface area contributed by atoms with E-state index in [1.807, 2.05) is 0 Å². The van der Waals surface area contributed by atoms with Gasteiger partial charge in [-0.2, -0.15) is 0 Å². The number of phenolic OH excluding ortho intramolecular Hbond substituents is 1. The maximum absolute atomic E-state index is 13.3. The summed E-state index contributed by atoms with van der Waals surface area (Å²) in [6.45, 7) is 3.67. The SMILES string of the molecule is O=C(NC1CCN(C[C@@H]2CCCO2)CC1)c1cccc(F)c1O. The maximum atomic E-state index is 13.3. The van der Waals surface area contributed by atoms with Crippen LogP contribution >= 0.6 is 0 Å². The standard InChI is InChI=1S/C17H23FN2O3/c18-15-5-1-4-14(16(15)21)17(22)19-12-6-8-20(9-7-12)11-13-3-2-10-23-13/h1,4-5,12-13,21H,2-3,6-11H2,(H,19,22)/t13-/m0/s1. The van der Waals surface area contributed by atoms with E-state index in [4.69, 9.17) is 4.74 Å². The van der Waals surface area contributed by atoms with Crippen LogP contribution in [0.5, 0.6) is 5.75 Å². The van der Waals surface area contributed by atoms with Gasteiger partial charge in [0, 0.05) is 32.3 Å². The van der Waals surface area contributed by atoms with Crippen molar-refractivity contribution in [2.24, 2.45) is 0 Å². The number of aromatic hydroxyl groups is 1. The summed E-state index contributed by atoms with van der Waals surface area (Å²) in [6.07, 6.45) is 4.35. The molecule has 2 aliphatic heterocycles. The zero-order valence-electron chi connectivity index (χ0n) is 13.1. The summed E-state index contributed by atoms with van der Waals surface area (Å²) in [4.78, 5) is 14.5. The lowest BCUT2D eigenvalue weighted by molar-refractivity contribution is 0.0612. The smallest absolute Gasteiger partial charge is 0.255 e. The predicted molar refractivity (Wildman–Crippen MR) is 84.0 cm³/mol. The number of para-hydroxylation sites is 1. The molecule has 1 aromatic carbocycles. The number of hydrogen-bond acceptors (Lipinski definition) is 4. The van der Waals surface area contributed by atoms with Crippen LogP contribution in [0.3, 0.4) is 0 Å². The van der Waals surface area contributed by atoms with E-state index < -0.39 is 17.5 Å². The Bertz CT molecular complexity index is 553. The van der Waals surface area contributed by atoms with Crippen molar-refractivity contribution < 1.29 is 19.0 Å². The third kappa shape index (κ3) is 4.00. The Kier molecular flexibility index (Phi) is 5.13. The molecule has 1 atom stereocenters. The van der Waals surface area contributed by atoms with Gasteiger partial charge in [0.25, 0.3) is 5.91 Å². The van der Waals surface area contributed by atoms with Crippen LogP contribution in [0.25, 0.3) is 0 Å². The molecule has 6 heteroatoms. The van der Waals surface area contributed by atoms with Gasteiger partial charge in [-0.1, -0.05) is 6.07 Å². The zero-order chi connectivity index (χ0) is 16.2. The van der Waals surface area contributed by atoms with E-state index in [1.165, 1.54) is 12.1 Å². The zero-order valence-corrected chi connectivity index (χ0v) is 13.1. The second-order valence-electron chi connectivity index (χ2n) is 6.32. The first-order valence-electron chi connectivity index (χ1n) is 8.26. The van der Waals surface area contributed by atoms with Crippen LogP contribution < -0.4 is 5.32 Å². The third-order valence-electron chi connectivity index (χ3n) is 4.64. The monoisotopic (exact) mass is 322 g/mol. The normalized spacial score (nSPS) is 23.1. The van der Waals surface area contributed by atoms with Crippen LogP contribution in [-0.2, 0) is 4.74 Å². The third-order valence-corrected chi connectivity index (χ3v) is 4.64. The summed E-state index contributed by atoms with van der Waals surface area (Å²) < 4.78 is 19.0. The van der Waals surface area contributed by atoms with Crippen molar-refractivity contribution in [1.29, 1.82) is 0 Å². The number of benzene rings is 1. The highest BCUT2D eigenvalue weighted by atomic mass is 19.1. The molecule has 0 aliphatic carbocycles. The number of nitrogens with zero attached hydrogens (tertiary/aromatic N) is 1. The molecule has 0 spiro atoms. The van der Waals surface area contributed by atoms with E-state index in [2.05, 4.69) is 10.2 Å². The molecule has 2 N–H and O–H groups in total. The van der Waals surface area contributed by atoms with Gasteiger partial charge in [0.15, 0.2) is 11.6 Å². The van der Waals surface area contributed by atoms with Crippen molar-refractivity contribution in [3.63, 3.8) is 0 Å². The first-order chi connectivity index (χ1) is 11.1. The number of likely N-dealkylation sites (tertiary alicyclic amines) is 1. The molecule has 2 heterocycles. The molecule has 2 aliphatic rings. The number of rotatable bonds is 4. The van der Waals surface area contributed by atoms with Crippen molar-refractivity contribution in [3.8, 4) is 5.75 Å². The highest BCUT2D eigenvalue weighted by Gasteiger charge is 2.25. The van der Waals surface area contributed by atoms with Crippen LogP contribution in [0.4, 0.5) is 4.39 Å². The Morgan fingerprint density at radius 2 is 2.13 bits per heavy atom. The number of piperidine rings is 1. The minimum Gasteiger partial charge on any atom is -0.504 e. The Labute approximate surface area is 135 Å². The van der Waals surface area contributed by atoms with Gasteiger partial charge in [0.05, 0.1) is 11.7 Å². The van der Waals surface area contributed by atoms with Crippen LogP contribution in [0, 0.1) is 5.82 Å². The van der Waals surface area contributed by atoms with E-state index in [-0.39, 0.29) is 11.6 Å². The van der Waals surface area contributed by atoms with Crippen LogP contribution in [0.2, 0.25) is 0 Å². The molecule has 1 aromatic rings. The van der Waals surface area contributed by atoms with E-state index in [1.54, 1.807) is 0 Å². The number of amides is 1. The fourth-order valence-electron chi connectivity index (χ4n) is 3.30. The number of carbonyl (C=O) groups excluding carboxylic acids is 1. The van der Waals surface area contributed by atoms with Gasteiger partial charge in [-0.05, 0) is 37.8 Å². The van der Waals surface area contributed by atoms with Gasteiger partial charge >= 0.3 is 0 Å². The fourth-order valence-corrected chi connectivity index (χ4v) is 3.30. The van der Waals surface area contributed by atoms with E-state index in [0.29, 0.717) is 6.10 Å². The van der Waals surface area contributed by atoms with Crippen molar-refractivity contribution >= 4 is 5.91 Å². The van der Waals surface area contributed by atoms with Gasteiger partial charge in [-0.25, -0.2) is 4.39 Å². The number of hydrogen-bond donors (Lipinski definition) is 2. The summed E-state index contributed by atoms with van der Waals surface area (Å²) >= 11 is 0. The number of nitrogens with one attached hydrogen (secondary N) is 1. The van der Waals surface area contributed by atoms with Gasteiger partial charge in [-0.3, -0.25) is 4.79 Å². The molecular formula is C17H23FN2O3. The first kappa shape index (κ1) is 16.2. The quantitative estimate of drug-likeness (QED) is 0.889. The first-order valence-corrected chi connectivity index (χ1v) is 8.26. The molecule has 0 unspecified atom stereocenters. The number of phenols is 1. The lowest BCUT2D eigenvalue weighted by Crippen LogP contribution is -2.46. The van der Waals surface area contributed by atoms with E-state index >= 15 is 0 Å². The van der Waals surface area contributed by atoms with Gasteiger partial charge in [0.2, 0.25) is 0 Å². The molecule has 3 rings (SSSR count). The Morgan fingerprint density at radius 1 is 1.35 bits per heavy atom. The van der Waals surface area contributed by atoms with Crippen LogP contribution in [-0.4, -0.2) is 54.3 Å².